The first-order valence-electron chi connectivity index (χ1n) is 8.27. The molecule has 2 rings (SSSR count). The minimum Gasteiger partial charge on any atom is -0.455 e. The van der Waals surface area contributed by atoms with Crippen molar-refractivity contribution in [3.63, 3.8) is 0 Å². The third-order valence-corrected chi connectivity index (χ3v) is 6.23. The maximum absolute atomic E-state index is 11.8. The average Bonchev–Trinajstić information content (AvgIpc) is 2.67. The van der Waals surface area contributed by atoms with E-state index in [-0.39, 0.29) is 10.6 Å². The molecule has 0 saturated carbocycles. The summed E-state index contributed by atoms with van der Waals surface area (Å²) in [6.45, 7) is -0.0923. The van der Waals surface area contributed by atoms with Crippen LogP contribution in [0.1, 0.15) is 5.56 Å². The molecule has 2 aromatic carbocycles. The lowest BCUT2D eigenvalue weighted by molar-refractivity contribution is -0.145. The lowest BCUT2D eigenvalue weighted by atomic mass is 10.1. The van der Waals surface area contributed by atoms with Gasteiger partial charge < -0.3 is 10.1 Å². The summed E-state index contributed by atoms with van der Waals surface area (Å²) < 4.78 is 27.3. The van der Waals surface area contributed by atoms with Crippen LogP contribution in [-0.2, 0) is 30.8 Å². The first-order chi connectivity index (χ1) is 13.6. The number of hydrogen-bond donors (Lipinski definition) is 2. The molecule has 0 bridgehead atoms. The van der Waals surface area contributed by atoms with Crippen molar-refractivity contribution in [1.29, 1.82) is 0 Å². The van der Waals surface area contributed by atoms with Crippen molar-refractivity contribution in [3.8, 4) is 0 Å². The van der Waals surface area contributed by atoms with Crippen molar-refractivity contribution in [2.45, 2.75) is 16.2 Å². The largest absolute Gasteiger partial charge is 0.455 e. The highest BCUT2D eigenvalue weighted by Crippen LogP contribution is 2.29. The van der Waals surface area contributed by atoms with Crippen molar-refractivity contribution in [2.75, 3.05) is 18.9 Å². The van der Waals surface area contributed by atoms with Crippen molar-refractivity contribution in [2.24, 2.45) is 5.14 Å². The van der Waals surface area contributed by atoms with Crippen LogP contribution in [-0.4, -0.2) is 39.2 Å². The van der Waals surface area contributed by atoms with E-state index in [1.807, 2.05) is 0 Å². The molecular formula is C18H18Cl2N2O5S2. The molecule has 0 unspecified atom stereocenters. The van der Waals surface area contributed by atoms with Gasteiger partial charge in [0.1, 0.15) is 0 Å². The topological polar surface area (TPSA) is 116 Å². The molecule has 0 fully saturated rings. The van der Waals surface area contributed by atoms with Crippen LogP contribution >= 0.6 is 35.0 Å². The Bertz CT molecular complexity index is 982. The monoisotopic (exact) mass is 476 g/mol. The van der Waals surface area contributed by atoms with Gasteiger partial charge in [-0.2, -0.15) is 0 Å². The molecule has 3 N–H and O–H groups in total. The summed E-state index contributed by atoms with van der Waals surface area (Å²) in [5.74, 6) is -1.01. The zero-order valence-corrected chi connectivity index (χ0v) is 18.2. The number of halogens is 2. The summed E-state index contributed by atoms with van der Waals surface area (Å²) in [6, 6.07) is 11.0. The molecule has 11 heteroatoms. The molecule has 29 heavy (non-hydrogen) atoms. The molecular weight excluding hydrogens is 459 g/mol. The van der Waals surface area contributed by atoms with Crippen LogP contribution in [0.5, 0.6) is 0 Å². The van der Waals surface area contributed by atoms with E-state index < -0.39 is 28.5 Å². The standard InChI is InChI=1S/C18H18Cl2N2O5S2/c19-13-3-6-15(20)16(9-13)28-11-18(24)27-10-17(23)22-8-7-12-1-4-14(5-2-12)29(21,25)26/h1-6,9H,7-8,10-11H2,(H,22,23)(H2,21,25,26). The minimum atomic E-state index is -3.73. The number of carbonyl (C=O) groups excluding carboxylic acids is 2. The zero-order valence-electron chi connectivity index (χ0n) is 15.1. The van der Waals surface area contributed by atoms with Crippen molar-refractivity contribution < 1.29 is 22.7 Å². The van der Waals surface area contributed by atoms with Gasteiger partial charge in [0.25, 0.3) is 5.91 Å². The highest BCUT2D eigenvalue weighted by Gasteiger charge is 2.11. The van der Waals surface area contributed by atoms with Gasteiger partial charge in [0, 0.05) is 16.5 Å². The molecule has 0 saturated heterocycles. The normalized spacial score (nSPS) is 11.1. The third-order valence-electron chi connectivity index (χ3n) is 3.59. The van der Waals surface area contributed by atoms with Gasteiger partial charge in [0.2, 0.25) is 10.0 Å². The molecule has 156 valence electrons. The van der Waals surface area contributed by atoms with Crippen LogP contribution in [0.2, 0.25) is 10.0 Å². The van der Waals surface area contributed by atoms with Crippen LogP contribution < -0.4 is 10.5 Å². The van der Waals surface area contributed by atoms with E-state index in [0.29, 0.717) is 27.9 Å². The van der Waals surface area contributed by atoms with Crippen molar-refractivity contribution >= 4 is 56.9 Å². The van der Waals surface area contributed by atoms with Gasteiger partial charge in [-0.15, -0.1) is 11.8 Å². The molecule has 7 nitrogen and oxygen atoms in total. The van der Waals surface area contributed by atoms with E-state index in [1.165, 1.54) is 12.1 Å². The molecule has 0 spiro atoms. The smallest absolute Gasteiger partial charge is 0.316 e. The predicted molar refractivity (Wildman–Crippen MR) is 113 cm³/mol. The zero-order chi connectivity index (χ0) is 21.4. The maximum atomic E-state index is 11.8. The van der Waals surface area contributed by atoms with Crippen LogP contribution in [0.15, 0.2) is 52.3 Å². The fourth-order valence-corrected chi connectivity index (χ4v) is 3.96. The number of thioether (sulfide) groups is 1. The second-order valence-electron chi connectivity index (χ2n) is 5.81. The van der Waals surface area contributed by atoms with Gasteiger partial charge in [0.05, 0.1) is 15.7 Å². The van der Waals surface area contributed by atoms with Gasteiger partial charge in [-0.1, -0.05) is 35.3 Å². The average molecular weight is 477 g/mol. The molecule has 0 aromatic heterocycles. The van der Waals surface area contributed by atoms with Crippen LogP contribution in [0, 0.1) is 0 Å². The lowest BCUT2D eigenvalue weighted by Gasteiger charge is -2.08. The van der Waals surface area contributed by atoms with Crippen LogP contribution in [0.3, 0.4) is 0 Å². The van der Waals surface area contributed by atoms with E-state index in [1.54, 1.807) is 30.3 Å². The number of ether oxygens (including phenoxy) is 1. The third kappa shape index (κ3) is 8.23. The SMILES string of the molecule is NS(=O)(=O)c1ccc(CCNC(=O)COC(=O)CSc2cc(Cl)ccc2Cl)cc1. The Morgan fingerprint density at radius 3 is 2.45 bits per heavy atom. The van der Waals surface area contributed by atoms with Crippen molar-refractivity contribution in [1.82, 2.24) is 5.32 Å². The summed E-state index contributed by atoms with van der Waals surface area (Å²) >= 11 is 13.1. The molecule has 0 heterocycles. The maximum Gasteiger partial charge on any atom is 0.316 e. The van der Waals surface area contributed by atoms with E-state index in [0.717, 1.165) is 17.3 Å². The van der Waals surface area contributed by atoms with Gasteiger partial charge in [-0.3, -0.25) is 9.59 Å². The highest BCUT2D eigenvalue weighted by molar-refractivity contribution is 8.00. The van der Waals surface area contributed by atoms with Crippen LogP contribution in [0.4, 0.5) is 0 Å². The number of nitrogens with two attached hydrogens (primary N) is 1. The molecule has 2 aromatic rings. The number of primary sulfonamides is 1. The molecule has 0 aliphatic carbocycles. The first-order valence-corrected chi connectivity index (χ1v) is 11.6. The Morgan fingerprint density at radius 2 is 1.79 bits per heavy atom. The van der Waals surface area contributed by atoms with Gasteiger partial charge >= 0.3 is 5.97 Å². The summed E-state index contributed by atoms with van der Waals surface area (Å²) in [5, 5.41) is 8.63. The number of hydrogen-bond acceptors (Lipinski definition) is 6. The first kappa shape index (κ1) is 23.5. The predicted octanol–water partition coefficient (Wildman–Crippen LogP) is 2.64. The second-order valence-corrected chi connectivity index (χ2v) is 9.24. The van der Waals surface area contributed by atoms with Crippen LogP contribution in [0.25, 0.3) is 0 Å². The van der Waals surface area contributed by atoms with E-state index in [4.69, 9.17) is 33.1 Å². The van der Waals surface area contributed by atoms with E-state index in [9.17, 15) is 18.0 Å². The number of carbonyl (C=O) groups is 2. The fourth-order valence-electron chi connectivity index (χ4n) is 2.16. The number of sulfonamides is 1. The summed E-state index contributed by atoms with van der Waals surface area (Å²) in [7, 11) is -3.73. The number of esters is 1. The summed E-state index contributed by atoms with van der Waals surface area (Å²) in [4.78, 5) is 24.2. The van der Waals surface area contributed by atoms with Crippen molar-refractivity contribution in [3.05, 3.63) is 58.1 Å². The molecule has 0 aliphatic rings. The number of benzene rings is 2. The fraction of sp³-hybridized carbons (Fsp3) is 0.222. The Labute approximate surface area is 182 Å². The molecule has 1 amide bonds. The van der Waals surface area contributed by atoms with E-state index in [2.05, 4.69) is 5.32 Å². The highest BCUT2D eigenvalue weighted by atomic mass is 35.5. The Kier molecular flexibility index (Phi) is 8.79. The summed E-state index contributed by atoms with van der Waals surface area (Å²) in [5.41, 5.74) is 0.824. The molecule has 0 radical (unpaired) electrons. The van der Waals surface area contributed by atoms with Gasteiger partial charge in [-0.05, 0) is 42.3 Å². The molecule has 0 aliphatic heterocycles. The lowest BCUT2D eigenvalue weighted by Crippen LogP contribution is -2.30. The second kappa shape index (κ2) is 10.8. The Balaban J connectivity index is 1.67. The van der Waals surface area contributed by atoms with Gasteiger partial charge in [-0.25, -0.2) is 13.6 Å². The summed E-state index contributed by atoms with van der Waals surface area (Å²) in [6.07, 6.45) is 0.480. The number of rotatable bonds is 9. The Morgan fingerprint density at radius 1 is 1.10 bits per heavy atom. The van der Waals surface area contributed by atoms with Gasteiger partial charge in [0.15, 0.2) is 6.61 Å². The number of nitrogens with one attached hydrogen (secondary N) is 1. The quantitative estimate of drug-likeness (QED) is 0.424. The van der Waals surface area contributed by atoms with E-state index >= 15 is 0 Å². The minimum absolute atomic E-state index is 0.0102. The number of amides is 1. The molecule has 0 atom stereocenters. The Hall–Kier alpha value is -1.78.